The Morgan fingerprint density at radius 3 is 2.95 bits per heavy atom. The van der Waals surface area contributed by atoms with Crippen LogP contribution in [0.1, 0.15) is 15.9 Å². The summed E-state index contributed by atoms with van der Waals surface area (Å²) in [4.78, 5) is 25.5. The zero-order valence-corrected chi connectivity index (χ0v) is 11.7. The smallest absolute Gasteiger partial charge is 0.276 e. The second-order valence-electron chi connectivity index (χ2n) is 3.82. The Kier molecular flexibility index (Phi) is 4.31. The van der Waals surface area contributed by atoms with Crippen LogP contribution in [0.5, 0.6) is 5.75 Å². The second-order valence-corrected chi connectivity index (χ2v) is 4.73. The van der Waals surface area contributed by atoms with Crippen molar-refractivity contribution >= 4 is 28.1 Å². The maximum absolute atomic E-state index is 11.7. The summed E-state index contributed by atoms with van der Waals surface area (Å²) >= 11 is 3.26. The van der Waals surface area contributed by atoms with Gasteiger partial charge in [0, 0.05) is 16.2 Å². The maximum atomic E-state index is 11.7. The Balaban J connectivity index is 2.11. The number of carbonyl (C=O) groups excluding carboxylic acids is 1. The number of aromatic nitrogens is 1. The fourth-order valence-corrected chi connectivity index (χ4v) is 1.83. The van der Waals surface area contributed by atoms with Crippen LogP contribution in [0.15, 0.2) is 50.9 Å². The highest BCUT2D eigenvalue weighted by Crippen LogP contribution is 2.19. The van der Waals surface area contributed by atoms with Crippen molar-refractivity contribution in [3.63, 3.8) is 0 Å². The lowest BCUT2D eigenvalue weighted by Gasteiger charge is -2.00. The number of nitrogens with zero attached hydrogens (tertiary/aromatic N) is 1. The van der Waals surface area contributed by atoms with Gasteiger partial charge in [-0.3, -0.25) is 9.59 Å². The average molecular weight is 336 g/mol. The molecule has 2 aromatic rings. The molecule has 0 saturated carbocycles. The highest BCUT2D eigenvalue weighted by molar-refractivity contribution is 9.10. The molecule has 1 amide bonds. The number of nitrogens with one attached hydrogen (secondary N) is 2. The molecule has 102 valence electrons. The summed E-state index contributed by atoms with van der Waals surface area (Å²) in [5, 5.41) is 13.3. The molecule has 6 nitrogen and oxygen atoms in total. The van der Waals surface area contributed by atoms with Gasteiger partial charge in [-0.25, -0.2) is 5.43 Å². The van der Waals surface area contributed by atoms with Crippen molar-refractivity contribution in [1.82, 2.24) is 10.4 Å². The molecule has 0 saturated heterocycles. The number of benzene rings is 1. The molecule has 0 fully saturated rings. The molecule has 3 N–H and O–H groups in total. The molecule has 1 aromatic heterocycles. The van der Waals surface area contributed by atoms with Crippen LogP contribution in [0.4, 0.5) is 0 Å². The number of pyridine rings is 1. The molecule has 0 atom stereocenters. The van der Waals surface area contributed by atoms with E-state index in [1.165, 1.54) is 24.5 Å². The molecule has 2 rings (SSSR count). The van der Waals surface area contributed by atoms with Crippen LogP contribution in [-0.2, 0) is 0 Å². The van der Waals surface area contributed by atoms with E-state index in [4.69, 9.17) is 0 Å². The number of rotatable bonds is 3. The number of amides is 1. The molecule has 1 heterocycles. The summed E-state index contributed by atoms with van der Waals surface area (Å²) in [6.07, 6.45) is 2.72. The summed E-state index contributed by atoms with van der Waals surface area (Å²) in [5.74, 6) is -0.596. The van der Waals surface area contributed by atoms with Crippen molar-refractivity contribution in [3.05, 3.63) is 62.5 Å². The third-order valence-electron chi connectivity index (χ3n) is 2.42. The maximum Gasteiger partial charge on any atom is 0.276 e. The third-order valence-corrected chi connectivity index (χ3v) is 2.92. The van der Waals surface area contributed by atoms with E-state index in [0.717, 1.165) is 4.47 Å². The number of hydrogen-bond donors (Lipinski definition) is 3. The first-order valence-corrected chi connectivity index (χ1v) is 6.37. The van der Waals surface area contributed by atoms with E-state index in [0.29, 0.717) is 5.56 Å². The van der Waals surface area contributed by atoms with Crippen LogP contribution >= 0.6 is 15.9 Å². The number of halogens is 1. The van der Waals surface area contributed by atoms with Crippen molar-refractivity contribution in [3.8, 4) is 5.75 Å². The van der Waals surface area contributed by atoms with E-state index in [2.05, 4.69) is 31.4 Å². The Labute approximate surface area is 122 Å². The Morgan fingerprint density at radius 1 is 1.40 bits per heavy atom. The van der Waals surface area contributed by atoms with Gasteiger partial charge in [0.25, 0.3) is 11.5 Å². The summed E-state index contributed by atoms with van der Waals surface area (Å²) < 4.78 is 0.766. The van der Waals surface area contributed by atoms with E-state index >= 15 is 0 Å². The van der Waals surface area contributed by atoms with E-state index in [-0.39, 0.29) is 11.3 Å². The fraction of sp³-hybridized carbons (Fsp3) is 0. The molecule has 7 heteroatoms. The van der Waals surface area contributed by atoms with Gasteiger partial charge in [0.1, 0.15) is 11.3 Å². The van der Waals surface area contributed by atoms with Gasteiger partial charge in [0.15, 0.2) is 0 Å². The monoisotopic (exact) mass is 335 g/mol. The lowest BCUT2D eigenvalue weighted by atomic mass is 10.2. The summed E-state index contributed by atoms with van der Waals surface area (Å²) in [6.45, 7) is 0. The summed E-state index contributed by atoms with van der Waals surface area (Å²) in [6, 6.07) is 7.74. The average Bonchev–Trinajstić information content (AvgIpc) is 2.43. The van der Waals surface area contributed by atoms with Gasteiger partial charge in [-0.15, -0.1) is 0 Å². The first kappa shape index (κ1) is 14.0. The molecule has 0 aliphatic carbocycles. The van der Waals surface area contributed by atoms with Gasteiger partial charge in [0.2, 0.25) is 0 Å². The number of phenols is 1. The van der Waals surface area contributed by atoms with Crippen LogP contribution in [0.3, 0.4) is 0 Å². The lowest BCUT2D eigenvalue weighted by molar-refractivity contribution is 0.0953. The van der Waals surface area contributed by atoms with Crippen molar-refractivity contribution < 1.29 is 9.90 Å². The molecule has 0 bridgehead atoms. The van der Waals surface area contributed by atoms with Crippen LogP contribution in [0, 0.1) is 0 Å². The van der Waals surface area contributed by atoms with Gasteiger partial charge in [-0.05, 0) is 30.3 Å². The Bertz CT molecular complexity index is 725. The van der Waals surface area contributed by atoms with Crippen LogP contribution in [-0.4, -0.2) is 22.2 Å². The third kappa shape index (κ3) is 3.33. The normalized spacial score (nSPS) is 10.7. The summed E-state index contributed by atoms with van der Waals surface area (Å²) in [5.41, 5.74) is 2.12. The van der Waals surface area contributed by atoms with Crippen molar-refractivity contribution in [2.24, 2.45) is 5.10 Å². The van der Waals surface area contributed by atoms with Gasteiger partial charge in [0.05, 0.1) is 6.21 Å². The first-order valence-electron chi connectivity index (χ1n) is 5.57. The quantitative estimate of drug-likeness (QED) is 0.587. The Hall–Kier alpha value is -2.41. The number of carbonyl (C=O) groups is 1. The molecule has 20 heavy (non-hydrogen) atoms. The standard InChI is InChI=1S/C13H10BrN3O3/c14-9-3-4-11(18)8(6-9)7-16-17-13(20)10-2-1-5-15-12(10)19/h1-7,18H,(H,15,19)(H,17,20)/b16-7+. The van der Waals surface area contributed by atoms with E-state index in [1.807, 2.05) is 0 Å². The minimum absolute atomic E-state index is 0.0313. The molecule has 0 aliphatic rings. The molecule has 0 aliphatic heterocycles. The minimum atomic E-state index is -0.627. The number of phenolic OH excluding ortho intramolecular Hbond substituents is 1. The Morgan fingerprint density at radius 2 is 2.20 bits per heavy atom. The number of hydrazone groups is 1. The second kappa shape index (κ2) is 6.16. The molecule has 0 spiro atoms. The minimum Gasteiger partial charge on any atom is -0.507 e. The number of aromatic amines is 1. The predicted molar refractivity (Wildman–Crippen MR) is 77.9 cm³/mol. The number of aromatic hydroxyl groups is 1. The summed E-state index contributed by atoms with van der Waals surface area (Å²) in [7, 11) is 0. The fourth-order valence-electron chi connectivity index (χ4n) is 1.45. The molecular weight excluding hydrogens is 326 g/mol. The molecule has 0 unspecified atom stereocenters. The van der Waals surface area contributed by atoms with Gasteiger partial charge < -0.3 is 10.1 Å². The first-order chi connectivity index (χ1) is 9.58. The molecular formula is C13H10BrN3O3. The lowest BCUT2D eigenvalue weighted by Crippen LogP contribution is -2.25. The van der Waals surface area contributed by atoms with E-state index < -0.39 is 11.5 Å². The van der Waals surface area contributed by atoms with Crippen molar-refractivity contribution in [2.75, 3.05) is 0 Å². The molecule has 0 radical (unpaired) electrons. The number of H-pyrrole nitrogens is 1. The van der Waals surface area contributed by atoms with Crippen LogP contribution in [0.25, 0.3) is 0 Å². The highest BCUT2D eigenvalue weighted by atomic mass is 79.9. The predicted octanol–water partition coefficient (Wildman–Crippen LogP) is 1.61. The van der Waals surface area contributed by atoms with Gasteiger partial charge in [-0.2, -0.15) is 5.10 Å². The largest absolute Gasteiger partial charge is 0.507 e. The topological polar surface area (TPSA) is 94.5 Å². The highest BCUT2D eigenvalue weighted by Gasteiger charge is 2.07. The molecule has 1 aromatic carbocycles. The van der Waals surface area contributed by atoms with Gasteiger partial charge in [-0.1, -0.05) is 15.9 Å². The van der Waals surface area contributed by atoms with Crippen molar-refractivity contribution in [2.45, 2.75) is 0 Å². The van der Waals surface area contributed by atoms with Crippen LogP contribution in [0.2, 0.25) is 0 Å². The SMILES string of the molecule is O=C(N/N=C/c1cc(Br)ccc1O)c1ccc[nH]c1=O. The zero-order chi connectivity index (χ0) is 14.5. The van der Waals surface area contributed by atoms with Gasteiger partial charge >= 0.3 is 0 Å². The zero-order valence-electron chi connectivity index (χ0n) is 10.1. The van der Waals surface area contributed by atoms with Crippen LogP contribution < -0.4 is 11.0 Å². The number of hydrogen-bond acceptors (Lipinski definition) is 4. The van der Waals surface area contributed by atoms with Crippen molar-refractivity contribution in [1.29, 1.82) is 0 Å². The van der Waals surface area contributed by atoms with E-state index in [1.54, 1.807) is 18.2 Å². The van der Waals surface area contributed by atoms with E-state index in [9.17, 15) is 14.7 Å².